The zero-order chi connectivity index (χ0) is 22.0. The molecular weight excluding hydrogens is 395 g/mol. The van der Waals surface area contributed by atoms with Crippen molar-refractivity contribution in [3.63, 3.8) is 0 Å². The number of aryl methyl sites for hydroxylation is 1. The molecule has 2 aromatic rings. The van der Waals surface area contributed by atoms with Crippen LogP contribution in [0.2, 0.25) is 0 Å². The molecule has 0 saturated carbocycles. The number of allylic oxidation sites excluding steroid dienone is 1. The molecule has 158 valence electrons. The van der Waals surface area contributed by atoms with Gasteiger partial charge in [-0.1, -0.05) is 54.9 Å². The molecule has 0 saturated heterocycles. The van der Waals surface area contributed by atoms with Crippen molar-refractivity contribution in [1.29, 1.82) is 0 Å². The molecule has 0 aromatic heterocycles. The van der Waals surface area contributed by atoms with E-state index in [1.807, 2.05) is 18.4 Å². The van der Waals surface area contributed by atoms with Gasteiger partial charge in [0.2, 0.25) is 0 Å². The first-order valence-electron chi connectivity index (χ1n) is 8.80. The molecule has 0 heterocycles. The number of anilines is 1. The normalized spacial score (nSPS) is 11.3. The van der Waals surface area contributed by atoms with E-state index in [0.29, 0.717) is 12.1 Å². The fourth-order valence-electron chi connectivity index (χ4n) is 2.28. The first-order chi connectivity index (χ1) is 13.7. The van der Waals surface area contributed by atoms with Crippen LogP contribution in [0, 0.1) is 12.7 Å². The van der Waals surface area contributed by atoms with Crippen LogP contribution in [0.3, 0.4) is 0 Å². The number of rotatable bonds is 8. The Morgan fingerprint density at radius 2 is 1.83 bits per heavy atom. The number of benzene rings is 2. The van der Waals surface area contributed by atoms with E-state index >= 15 is 0 Å². The summed E-state index contributed by atoms with van der Waals surface area (Å²) in [6.07, 6.45) is 1.19. The molecule has 0 spiro atoms. The van der Waals surface area contributed by atoms with Crippen LogP contribution in [-0.4, -0.2) is 25.6 Å². The fraction of sp³-hybridized carbons (Fsp3) is 0.227. The zero-order valence-corrected chi connectivity index (χ0v) is 17.8. The molecule has 0 aliphatic heterocycles. The third kappa shape index (κ3) is 8.17. The predicted molar refractivity (Wildman–Crippen MR) is 122 cm³/mol. The van der Waals surface area contributed by atoms with Crippen molar-refractivity contribution in [2.75, 3.05) is 17.6 Å². The van der Waals surface area contributed by atoms with Crippen LogP contribution in [0.5, 0.6) is 0 Å². The first kappa shape index (κ1) is 24.5. The molecule has 0 bridgehead atoms. The molecule has 2 aromatic carbocycles. The van der Waals surface area contributed by atoms with E-state index < -0.39 is 6.43 Å². The van der Waals surface area contributed by atoms with Crippen LogP contribution in [0.25, 0.3) is 6.08 Å². The van der Waals surface area contributed by atoms with Gasteiger partial charge >= 0.3 is 0 Å². The summed E-state index contributed by atoms with van der Waals surface area (Å²) < 4.78 is 39.1. The number of halogens is 3. The minimum Gasteiger partial charge on any atom is -0.321 e. The van der Waals surface area contributed by atoms with Gasteiger partial charge in [0.1, 0.15) is 5.82 Å². The molecule has 29 heavy (non-hydrogen) atoms. The smallest absolute Gasteiger partial charge is 0.278 e. The van der Waals surface area contributed by atoms with E-state index in [1.54, 1.807) is 6.08 Å². The average molecular weight is 424 g/mol. The minimum atomic E-state index is -2.50. The molecule has 1 atom stereocenters. The van der Waals surface area contributed by atoms with Gasteiger partial charge in [-0.15, -0.1) is 10.7 Å². The van der Waals surface area contributed by atoms with Crippen molar-refractivity contribution < 1.29 is 13.2 Å². The monoisotopic (exact) mass is 423 g/mol. The second kappa shape index (κ2) is 12.1. The Bertz CT molecular complexity index is 836. The van der Waals surface area contributed by atoms with E-state index in [2.05, 4.69) is 65.4 Å². The van der Waals surface area contributed by atoms with Crippen LogP contribution < -0.4 is 15.2 Å². The summed E-state index contributed by atoms with van der Waals surface area (Å²) in [6, 6.07) is 13.5. The van der Waals surface area contributed by atoms with Gasteiger partial charge in [-0.05, 0) is 36.9 Å². The predicted octanol–water partition coefficient (Wildman–Crippen LogP) is 5.52. The maximum absolute atomic E-state index is 14.1. The highest BCUT2D eigenvalue weighted by atomic mass is 32.2. The van der Waals surface area contributed by atoms with Crippen molar-refractivity contribution in [3.05, 3.63) is 83.8 Å². The topological polar surface area (TPSA) is 27.3 Å². The van der Waals surface area contributed by atoms with Gasteiger partial charge in [-0.2, -0.15) is 0 Å². The second-order valence-corrected chi connectivity index (χ2v) is 7.87. The summed E-state index contributed by atoms with van der Waals surface area (Å²) in [5.74, 6) is 3.91. The van der Waals surface area contributed by atoms with E-state index in [-0.39, 0.29) is 22.2 Å². The van der Waals surface area contributed by atoms with Crippen LogP contribution in [-0.2, 0) is 6.54 Å². The maximum Gasteiger partial charge on any atom is 0.278 e. The largest absolute Gasteiger partial charge is 0.321 e. The Labute approximate surface area is 174 Å². The number of hydrogen-bond acceptors (Lipinski definition) is 3. The average Bonchev–Trinajstić information content (AvgIpc) is 2.68. The maximum atomic E-state index is 14.1. The fourth-order valence-corrected chi connectivity index (χ4v) is 3.12. The standard InChI is InChI=1S/C18H20FNS.C4H8F2N2/c1-5-15-8-9-16(18(19)12-15)13-20(21(3)4)17-10-6-14(2)7-11-17;1-3(4(5)6)8-7-2/h5-12H,1,3,13H2,2,4H3;4,7-8H,1H2,2H3. The number of hydrogen-bond donors (Lipinski definition) is 2. The minimum absolute atomic E-state index is 0.199. The highest BCUT2D eigenvalue weighted by molar-refractivity contribution is 8.14. The number of nitrogens with one attached hydrogen (secondary N) is 2. The number of alkyl halides is 2. The highest BCUT2D eigenvalue weighted by Crippen LogP contribution is 2.28. The third-order valence-corrected chi connectivity index (χ3v) is 4.97. The lowest BCUT2D eigenvalue weighted by Crippen LogP contribution is -2.29. The molecule has 0 radical (unpaired) electrons. The first-order valence-corrected chi connectivity index (χ1v) is 10.6. The van der Waals surface area contributed by atoms with Gasteiger partial charge in [0, 0.05) is 18.3 Å². The summed E-state index contributed by atoms with van der Waals surface area (Å²) >= 11 is 0. The van der Waals surface area contributed by atoms with Crippen molar-refractivity contribution in [2.45, 2.75) is 19.9 Å². The molecule has 2 rings (SSSR count). The zero-order valence-electron chi connectivity index (χ0n) is 17.0. The summed E-state index contributed by atoms with van der Waals surface area (Å²) in [5.41, 5.74) is 7.89. The molecule has 0 aliphatic rings. The van der Waals surface area contributed by atoms with Crippen LogP contribution in [0.1, 0.15) is 16.7 Å². The van der Waals surface area contributed by atoms with Gasteiger partial charge in [-0.3, -0.25) is 0 Å². The summed E-state index contributed by atoms with van der Waals surface area (Å²) in [7, 11) is 1.26. The Hall–Kier alpha value is -2.51. The van der Waals surface area contributed by atoms with Crippen LogP contribution >= 0.6 is 10.7 Å². The molecule has 0 fully saturated rings. The van der Waals surface area contributed by atoms with E-state index in [0.717, 1.165) is 11.3 Å². The number of hydrazine groups is 1. The lowest BCUT2D eigenvalue weighted by molar-refractivity contribution is 0.178. The Morgan fingerprint density at radius 3 is 2.24 bits per heavy atom. The van der Waals surface area contributed by atoms with Gasteiger partial charge in [0.05, 0.1) is 12.2 Å². The molecule has 0 aliphatic carbocycles. The summed E-state index contributed by atoms with van der Waals surface area (Å²) in [5, 5.41) is 0. The Balaban J connectivity index is 0.000000447. The Morgan fingerprint density at radius 1 is 1.21 bits per heavy atom. The van der Waals surface area contributed by atoms with E-state index in [9.17, 15) is 13.2 Å². The lowest BCUT2D eigenvalue weighted by atomic mass is 10.1. The summed E-state index contributed by atoms with van der Waals surface area (Å²) in [6.45, 7) is 9.24. The van der Waals surface area contributed by atoms with E-state index in [4.69, 9.17) is 0 Å². The number of nitrogens with zero attached hydrogens (tertiary/aromatic N) is 1. The van der Waals surface area contributed by atoms with Crippen molar-refractivity contribution in [1.82, 2.24) is 10.9 Å². The molecule has 2 N–H and O–H groups in total. The van der Waals surface area contributed by atoms with Crippen LogP contribution in [0.4, 0.5) is 18.9 Å². The quantitative estimate of drug-likeness (QED) is 0.433. The molecule has 3 nitrogen and oxygen atoms in total. The van der Waals surface area contributed by atoms with E-state index in [1.165, 1.54) is 18.7 Å². The summed E-state index contributed by atoms with van der Waals surface area (Å²) in [4.78, 5) is 0. The molecule has 7 heteroatoms. The van der Waals surface area contributed by atoms with Gasteiger partial charge in [-0.25, -0.2) is 18.6 Å². The van der Waals surface area contributed by atoms with Gasteiger partial charge in [0.15, 0.2) is 0 Å². The Kier molecular flexibility index (Phi) is 10.3. The third-order valence-electron chi connectivity index (χ3n) is 3.87. The van der Waals surface area contributed by atoms with Crippen molar-refractivity contribution >= 4 is 28.3 Å². The highest BCUT2D eigenvalue weighted by Gasteiger charge is 2.11. The van der Waals surface area contributed by atoms with Crippen LogP contribution in [0.15, 0.2) is 61.3 Å². The van der Waals surface area contributed by atoms with Crippen molar-refractivity contribution in [2.24, 2.45) is 0 Å². The molecule has 1 unspecified atom stereocenters. The van der Waals surface area contributed by atoms with Gasteiger partial charge < -0.3 is 9.73 Å². The second-order valence-electron chi connectivity index (χ2n) is 6.23. The molecule has 0 amide bonds. The SMILES string of the molecule is C=C(NNC)C(F)F.C=Cc1ccc(CN(c2ccc(C)cc2)S(=C)C)c(F)c1. The lowest BCUT2D eigenvalue weighted by Gasteiger charge is -2.26. The molecular formula is C22H28F3N3S. The van der Waals surface area contributed by atoms with Crippen molar-refractivity contribution in [3.8, 4) is 0 Å². The van der Waals surface area contributed by atoms with Gasteiger partial charge in [0.25, 0.3) is 6.43 Å².